The Labute approximate surface area is 275 Å². The monoisotopic (exact) mass is 646 g/mol. The molecule has 0 radical (unpaired) electrons. The van der Waals surface area contributed by atoms with Crippen LogP contribution < -0.4 is 5.32 Å². The van der Waals surface area contributed by atoms with Gasteiger partial charge in [-0.1, -0.05) is 23.7 Å². The van der Waals surface area contributed by atoms with E-state index in [-0.39, 0.29) is 42.4 Å². The number of aromatic nitrogens is 2. The molecule has 10 nitrogen and oxygen atoms in total. The van der Waals surface area contributed by atoms with Crippen LogP contribution in [0.25, 0.3) is 5.57 Å². The molecular formula is C35H43ClN6O4. The number of aryl methyl sites for hydroxylation is 1. The average molecular weight is 647 g/mol. The minimum absolute atomic E-state index is 0.0680. The molecule has 2 saturated carbocycles. The number of ether oxygens (including phenoxy) is 3. The molecule has 6 aliphatic rings. The average Bonchev–Trinajstić information content (AvgIpc) is 3.84. The lowest BCUT2D eigenvalue weighted by atomic mass is 9.89. The number of rotatable bonds is 8. The van der Waals surface area contributed by atoms with Gasteiger partial charge in [0, 0.05) is 44.8 Å². The molecule has 3 aliphatic heterocycles. The molecule has 1 aromatic carbocycles. The van der Waals surface area contributed by atoms with Crippen molar-refractivity contribution in [1.29, 1.82) is 0 Å². The Morgan fingerprint density at radius 2 is 1.98 bits per heavy atom. The molecule has 8 rings (SSSR count). The molecule has 0 spiro atoms. The lowest BCUT2D eigenvalue weighted by Gasteiger charge is -2.40. The summed E-state index contributed by atoms with van der Waals surface area (Å²) in [6, 6.07) is 5.91. The van der Waals surface area contributed by atoms with Crippen LogP contribution in [-0.2, 0) is 21.3 Å². The largest absolute Gasteiger partial charge is 0.446 e. The van der Waals surface area contributed by atoms with Gasteiger partial charge in [0.25, 0.3) is 0 Å². The van der Waals surface area contributed by atoms with Gasteiger partial charge in [-0.25, -0.2) is 9.78 Å². The van der Waals surface area contributed by atoms with Crippen molar-refractivity contribution in [3.8, 4) is 0 Å². The Morgan fingerprint density at radius 3 is 2.72 bits per heavy atom. The number of nitrogens with zero attached hydrogens (tertiary/aromatic N) is 5. The molecule has 4 fully saturated rings. The van der Waals surface area contributed by atoms with Crippen molar-refractivity contribution in [1.82, 2.24) is 24.7 Å². The first kappa shape index (κ1) is 30.3. The van der Waals surface area contributed by atoms with Gasteiger partial charge in [0.15, 0.2) is 12.5 Å². The van der Waals surface area contributed by atoms with Crippen molar-refractivity contribution in [2.75, 3.05) is 32.7 Å². The second kappa shape index (κ2) is 12.2. The number of carbonyl (C=O) groups excluding carboxylic acids is 1. The van der Waals surface area contributed by atoms with Gasteiger partial charge in [0.05, 0.1) is 41.6 Å². The van der Waals surface area contributed by atoms with E-state index in [4.69, 9.17) is 30.8 Å². The number of carbonyl (C=O) groups is 1. The van der Waals surface area contributed by atoms with Gasteiger partial charge < -0.3 is 23.7 Å². The standard InChI is InChI=1S/C35H43ClN6O4/c1-35(11-12-35)46-33-32(45-33)39-30(28-20-37-21-40(28)2)27-18-22-6-5-13-38-29(22)31(25-10-9-23(36)19-26(25)27)41-14-16-42(17-15-41)34(43)44-24-7-3-4-8-24/h6,9-10,18-21,24,30-33,39H,3-5,7-8,11-17H2,1-2H3. The predicted octanol–water partition coefficient (Wildman–Crippen LogP) is 5.56. The molecule has 2 saturated heterocycles. The molecule has 244 valence electrons. The first-order valence-corrected chi connectivity index (χ1v) is 17.2. The van der Waals surface area contributed by atoms with Crippen molar-refractivity contribution in [2.24, 2.45) is 12.0 Å². The highest BCUT2D eigenvalue weighted by molar-refractivity contribution is 6.30. The third-order valence-electron chi connectivity index (χ3n) is 10.4. The number of piperazine rings is 1. The van der Waals surface area contributed by atoms with Crippen LogP contribution in [0.2, 0.25) is 5.02 Å². The van der Waals surface area contributed by atoms with Gasteiger partial charge in [-0.05, 0) is 92.4 Å². The number of dihydropyridines is 1. The summed E-state index contributed by atoms with van der Waals surface area (Å²) in [6.45, 7) is 5.60. The highest BCUT2D eigenvalue weighted by Gasteiger charge is 2.51. The quantitative estimate of drug-likeness (QED) is 0.375. The van der Waals surface area contributed by atoms with Crippen LogP contribution in [0.5, 0.6) is 0 Å². The third kappa shape index (κ3) is 6.06. The van der Waals surface area contributed by atoms with Crippen molar-refractivity contribution in [3.05, 3.63) is 70.3 Å². The number of epoxide rings is 1. The highest BCUT2D eigenvalue weighted by Crippen LogP contribution is 2.46. The van der Waals surface area contributed by atoms with Gasteiger partial charge in [0.2, 0.25) is 0 Å². The maximum atomic E-state index is 13.0. The van der Waals surface area contributed by atoms with Crippen LogP contribution in [0.15, 0.2) is 53.4 Å². The fourth-order valence-electron chi connectivity index (χ4n) is 7.41. The molecule has 4 atom stereocenters. The van der Waals surface area contributed by atoms with Crippen molar-refractivity contribution in [3.63, 3.8) is 0 Å². The van der Waals surface area contributed by atoms with E-state index in [1.807, 2.05) is 30.5 Å². The molecular weight excluding hydrogens is 604 g/mol. The zero-order valence-corrected chi connectivity index (χ0v) is 27.4. The molecule has 1 aromatic heterocycles. The van der Waals surface area contributed by atoms with Gasteiger partial charge in [-0.15, -0.1) is 0 Å². The summed E-state index contributed by atoms with van der Waals surface area (Å²) >= 11 is 6.76. The number of halogens is 1. The van der Waals surface area contributed by atoms with Gasteiger partial charge in [0.1, 0.15) is 6.10 Å². The number of hydrogen-bond donors (Lipinski definition) is 1. The van der Waals surface area contributed by atoms with Gasteiger partial charge >= 0.3 is 6.09 Å². The summed E-state index contributed by atoms with van der Waals surface area (Å²) in [7, 11) is 2.02. The van der Waals surface area contributed by atoms with Crippen LogP contribution in [-0.4, -0.2) is 88.1 Å². The van der Waals surface area contributed by atoms with E-state index in [0.717, 1.165) is 98.3 Å². The van der Waals surface area contributed by atoms with Crippen LogP contribution in [0.3, 0.4) is 0 Å². The number of fused-ring (bicyclic) bond motifs is 2. The van der Waals surface area contributed by atoms with Crippen molar-refractivity contribution in [2.45, 2.75) is 88.2 Å². The van der Waals surface area contributed by atoms with Crippen LogP contribution in [0.1, 0.15) is 80.8 Å². The van der Waals surface area contributed by atoms with Crippen molar-refractivity contribution >= 4 is 29.0 Å². The molecule has 2 aromatic rings. The Bertz CT molecular complexity index is 1580. The molecule has 4 heterocycles. The normalized spacial score (nSPS) is 27.9. The summed E-state index contributed by atoms with van der Waals surface area (Å²) < 4.78 is 20.2. The number of allylic oxidation sites excluding steroid dienone is 1. The SMILES string of the molecule is Cn1cncc1C(NC1OC1OC1(C)CC1)C1=CC2=CCCN=C2C(N2CCN(C(=O)OC3CCCC3)CC2)c2ccc(Cl)cc21. The summed E-state index contributed by atoms with van der Waals surface area (Å²) in [4.78, 5) is 27.0. The van der Waals surface area contributed by atoms with E-state index in [1.54, 1.807) is 0 Å². The highest BCUT2D eigenvalue weighted by atomic mass is 35.5. The molecule has 11 heteroatoms. The first-order chi connectivity index (χ1) is 22.3. The smallest absolute Gasteiger partial charge is 0.410 e. The maximum absolute atomic E-state index is 13.0. The Balaban J connectivity index is 1.11. The lowest BCUT2D eigenvalue weighted by molar-refractivity contribution is -0.0181. The van der Waals surface area contributed by atoms with Gasteiger partial charge in [-0.3, -0.25) is 15.2 Å². The summed E-state index contributed by atoms with van der Waals surface area (Å²) in [5.41, 5.74) is 6.47. The van der Waals surface area contributed by atoms with Crippen LogP contribution in [0.4, 0.5) is 4.79 Å². The van der Waals surface area contributed by atoms with Crippen molar-refractivity contribution < 1.29 is 19.0 Å². The fraction of sp³-hybridized carbons (Fsp3) is 0.571. The van der Waals surface area contributed by atoms with E-state index in [1.165, 1.54) is 0 Å². The van der Waals surface area contributed by atoms with E-state index in [0.29, 0.717) is 18.1 Å². The zero-order chi connectivity index (χ0) is 31.4. The number of aliphatic imine (C=N–C) groups is 1. The number of hydrogen-bond acceptors (Lipinski definition) is 8. The van der Waals surface area contributed by atoms with Crippen LogP contribution >= 0.6 is 11.6 Å². The second-order valence-electron chi connectivity index (χ2n) is 13.8. The van der Waals surface area contributed by atoms with E-state index < -0.39 is 0 Å². The first-order valence-electron chi connectivity index (χ1n) is 16.9. The topological polar surface area (TPSA) is 96.7 Å². The predicted molar refractivity (Wildman–Crippen MR) is 176 cm³/mol. The van der Waals surface area contributed by atoms with E-state index in [2.05, 4.69) is 51.0 Å². The minimum Gasteiger partial charge on any atom is -0.446 e. The number of imidazole rings is 1. The number of nitrogens with one attached hydrogen (secondary N) is 1. The summed E-state index contributed by atoms with van der Waals surface area (Å²) in [6.07, 6.45) is 15.0. The number of amides is 1. The maximum Gasteiger partial charge on any atom is 0.410 e. The summed E-state index contributed by atoms with van der Waals surface area (Å²) in [5.74, 6) is 0. The van der Waals surface area contributed by atoms with Crippen LogP contribution in [0, 0.1) is 0 Å². The number of benzene rings is 1. The van der Waals surface area contributed by atoms with Gasteiger partial charge in [-0.2, -0.15) is 0 Å². The molecule has 4 unspecified atom stereocenters. The molecule has 3 aliphatic carbocycles. The minimum atomic E-state index is -0.274. The molecule has 0 bridgehead atoms. The second-order valence-corrected chi connectivity index (χ2v) is 14.2. The fourth-order valence-corrected chi connectivity index (χ4v) is 7.58. The lowest BCUT2D eigenvalue weighted by Crippen LogP contribution is -2.51. The Morgan fingerprint density at radius 1 is 1.17 bits per heavy atom. The van der Waals surface area contributed by atoms with E-state index in [9.17, 15) is 4.79 Å². The third-order valence-corrected chi connectivity index (χ3v) is 10.6. The molecule has 1 amide bonds. The molecule has 1 N–H and O–H groups in total. The van der Waals surface area contributed by atoms with E-state index >= 15 is 0 Å². The molecule has 46 heavy (non-hydrogen) atoms. The Kier molecular flexibility index (Phi) is 8.05. The zero-order valence-electron chi connectivity index (χ0n) is 26.7. The Hall–Kier alpha value is -3.02. The summed E-state index contributed by atoms with van der Waals surface area (Å²) in [5, 5.41) is 4.45.